The Hall–Kier alpha value is -1.01. The summed E-state index contributed by atoms with van der Waals surface area (Å²) >= 11 is 12.5. The van der Waals surface area contributed by atoms with E-state index in [-0.39, 0.29) is 58.4 Å². The molecule has 6 aliphatic rings. The second kappa shape index (κ2) is 10.2. The molecule has 1 spiro atoms. The van der Waals surface area contributed by atoms with Crippen LogP contribution in [0.4, 0.5) is 0 Å². The number of methoxy groups -OCH3 is 4. The van der Waals surface area contributed by atoms with Crippen LogP contribution in [0.1, 0.15) is 43.0 Å². The van der Waals surface area contributed by atoms with Crippen molar-refractivity contribution < 1.29 is 38.7 Å². The van der Waals surface area contributed by atoms with Crippen LogP contribution in [0.15, 0.2) is 18.2 Å². The number of rotatable bonds is 8. The molecule has 7 rings (SSSR count). The predicted octanol–water partition coefficient (Wildman–Crippen LogP) is 3.44. The van der Waals surface area contributed by atoms with Gasteiger partial charge in [-0.15, -0.1) is 0 Å². The lowest BCUT2D eigenvalue weighted by Gasteiger charge is -2.69. The third-order valence-electron chi connectivity index (χ3n) is 12.8. The number of ether oxygens (including phenoxy) is 5. The molecule has 1 aliphatic heterocycles. The first kappa shape index (κ1) is 30.6. The number of esters is 1. The Morgan fingerprint density at radius 2 is 1.77 bits per heavy atom. The molecule has 6 fully saturated rings. The first-order valence-electron chi connectivity index (χ1n) is 15.4. The Morgan fingerprint density at radius 3 is 2.40 bits per heavy atom. The van der Waals surface area contributed by atoms with Gasteiger partial charge in [0, 0.05) is 81.1 Å². The molecule has 9 nitrogen and oxygen atoms in total. The number of halogens is 2. The Balaban J connectivity index is 1.43. The molecule has 0 unspecified atom stereocenters. The van der Waals surface area contributed by atoms with E-state index in [0.29, 0.717) is 18.1 Å². The molecule has 0 aromatic heterocycles. The predicted molar refractivity (Wildman–Crippen MR) is 158 cm³/mol. The van der Waals surface area contributed by atoms with Gasteiger partial charge >= 0.3 is 5.97 Å². The molecule has 1 heterocycles. The van der Waals surface area contributed by atoms with Crippen molar-refractivity contribution in [2.24, 2.45) is 34.5 Å². The van der Waals surface area contributed by atoms with Crippen molar-refractivity contribution in [3.63, 3.8) is 0 Å². The van der Waals surface area contributed by atoms with Crippen molar-refractivity contribution in [2.75, 3.05) is 48.1 Å². The molecule has 0 radical (unpaired) electrons. The van der Waals surface area contributed by atoms with Crippen LogP contribution in [-0.4, -0.2) is 111 Å². The van der Waals surface area contributed by atoms with Crippen molar-refractivity contribution >= 4 is 29.2 Å². The van der Waals surface area contributed by atoms with Gasteiger partial charge in [0.25, 0.3) is 0 Å². The van der Waals surface area contributed by atoms with Crippen LogP contribution in [0, 0.1) is 34.5 Å². The maximum atomic E-state index is 13.7. The minimum Gasteiger partial charge on any atom is -0.455 e. The maximum Gasteiger partial charge on any atom is 0.340 e. The minimum absolute atomic E-state index is 0.0199. The zero-order valence-corrected chi connectivity index (χ0v) is 26.9. The Bertz CT molecular complexity index is 1300. The molecule has 11 heteroatoms. The van der Waals surface area contributed by atoms with Crippen molar-refractivity contribution in [1.82, 2.24) is 4.90 Å². The van der Waals surface area contributed by atoms with Crippen LogP contribution in [-0.2, 0) is 23.7 Å². The molecule has 238 valence electrons. The van der Waals surface area contributed by atoms with Crippen molar-refractivity contribution in [2.45, 2.75) is 74.3 Å². The lowest BCUT2D eigenvalue weighted by molar-refractivity contribution is -0.283. The first-order valence-corrected chi connectivity index (χ1v) is 16.2. The summed E-state index contributed by atoms with van der Waals surface area (Å²) in [4.78, 5) is 16.2. The number of nitrogens with zero attached hydrogens (tertiary/aromatic N) is 1. The van der Waals surface area contributed by atoms with Gasteiger partial charge in [-0.3, -0.25) is 4.90 Å². The fourth-order valence-corrected chi connectivity index (χ4v) is 12.4. The fraction of sp³-hybridized carbons (Fsp3) is 0.781. The summed E-state index contributed by atoms with van der Waals surface area (Å²) in [6.45, 7) is 4.39. The average molecular weight is 641 g/mol. The molecule has 5 saturated carbocycles. The third-order valence-corrected chi connectivity index (χ3v) is 13.4. The molecule has 13 atom stereocenters. The van der Waals surface area contributed by atoms with Gasteiger partial charge in [0.15, 0.2) is 0 Å². The molecule has 1 aromatic rings. The number of aliphatic hydroxyl groups is 2. The molecular formula is C32H43Cl2NO8. The van der Waals surface area contributed by atoms with Crippen LogP contribution < -0.4 is 0 Å². The van der Waals surface area contributed by atoms with E-state index in [4.69, 9.17) is 46.9 Å². The second-order valence-corrected chi connectivity index (χ2v) is 14.8. The van der Waals surface area contributed by atoms with Crippen LogP contribution >= 0.6 is 23.2 Å². The number of likely N-dealkylation sites (tertiary alicyclic amines) is 1. The molecular weight excluding hydrogens is 597 g/mol. The van der Waals surface area contributed by atoms with Gasteiger partial charge in [-0.2, -0.15) is 0 Å². The summed E-state index contributed by atoms with van der Waals surface area (Å²) in [5.74, 6) is -1.76. The topological polar surface area (TPSA) is 107 Å². The van der Waals surface area contributed by atoms with Gasteiger partial charge < -0.3 is 33.9 Å². The molecule has 0 amide bonds. The van der Waals surface area contributed by atoms with Crippen molar-refractivity contribution in [1.29, 1.82) is 0 Å². The summed E-state index contributed by atoms with van der Waals surface area (Å²) in [7, 11) is 6.83. The highest BCUT2D eigenvalue weighted by molar-refractivity contribution is 6.36. The van der Waals surface area contributed by atoms with E-state index in [1.54, 1.807) is 34.5 Å². The SMILES string of the molecule is CCN1C[C@]2(COC)CC[C@H](OC)[C@@]34[C@@H]5C[C@@]6(O)[C@@H](OC)C[C@@](O)([C@H]5[C@H]6OC(=O)c5ccc(Cl)cc5Cl)[C@@H]([C@H](OC)[C@H]23)[C@@H]14. The van der Waals surface area contributed by atoms with E-state index in [2.05, 4.69) is 11.8 Å². The smallest absolute Gasteiger partial charge is 0.340 e. The van der Waals surface area contributed by atoms with E-state index >= 15 is 0 Å². The van der Waals surface area contributed by atoms with Crippen LogP contribution in [0.3, 0.4) is 0 Å². The Morgan fingerprint density at radius 1 is 1.02 bits per heavy atom. The third kappa shape index (κ3) is 3.63. The van der Waals surface area contributed by atoms with E-state index in [0.717, 1.165) is 25.9 Å². The average Bonchev–Trinajstić information content (AvgIpc) is 3.35. The molecule has 7 bridgehead atoms. The quantitative estimate of drug-likeness (QED) is 0.414. The largest absolute Gasteiger partial charge is 0.455 e. The summed E-state index contributed by atoms with van der Waals surface area (Å²) in [5, 5.41) is 26.3. The van der Waals surface area contributed by atoms with Gasteiger partial charge in [0.1, 0.15) is 11.7 Å². The highest BCUT2D eigenvalue weighted by Gasteiger charge is 2.88. The number of fused-ring (bicyclic) bond motifs is 2. The highest BCUT2D eigenvalue weighted by atomic mass is 35.5. The minimum atomic E-state index is -1.52. The summed E-state index contributed by atoms with van der Waals surface area (Å²) in [6.07, 6.45) is 0.0778. The molecule has 1 aromatic carbocycles. The number of benzene rings is 1. The van der Waals surface area contributed by atoms with Gasteiger partial charge in [0.2, 0.25) is 0 Å². The van der Waals surface area contributed by atoms with Crippen LogP contribution in [0.2, 0.25) is 10.0 Å². The molecule has 5 aliphatic carbocycles. The molecule has 43 heavy (non-hydrogen) atoms. The number of carbonyl (C=O) groups excluding carboxylic acids is 1. The fourth-order valence-electron chi connectivity index (χ4n) is 11.9. The summed E-state index contributed by atoms with van der Waals surface area (Å²) < 4.78 is 31.1. The number of hydrogen-bond donors (Lipinski definition) is 2. The lowest BCUT2D eigenvalue weighted by Crippen LogP contribution is -2.77. The second-order valence-electron chi connectivity index (χ2n) is 14.0. The monoisotopic (exact) mass is 639 g/mol. The van der Waals surface area contributed by atoms with Gasteiger partial charge in [-0.25, -0.2) is 4.79 Å². The zero-order chi connectivity index (χ0) is 30.7. The number of piperidine rings is 1. The standard InChI is InChI=1S/C32H43Cl2NO8/c1-6-35-14-29(15-39-2)10-9-20(40-3)32-18-12-30(37)21(41-4)13-31(38,23(26(32)35)24(42-5)25(29)32)22(18)27(30)43-28(36)17-8-7-16(33)11-19(17)34/h7-8,11,18,20-27,37-38H,6,9-10,12-15H2,1-5H3/t18-,20+,21+,22-,23+,24+,25-,26-,27-,29+,30-,31-,32+/m1/s1. The van der Waals surface area contributed by atoms with E-state index in [9.17, 15) is 15.0 Å². The van der Waals surface area contributed by atoms with Gasteiger partial charge in [0.05, 0.1) is 41.1 Å². The summed E-state index contributed by atoms with van der Waals surface area (Å²) in [5.41, 5.74) is -3.39. The number of hydrogen-bond acceptors (Lipinski definition) is 9. The van der Waals surface area contributed by atoms with Gasteiger partial charge in [-0.05, 0) is 49.9 Å². The van der Waals surface area contributed by atoms with E-state index in [1.165, 1.54) is 12.1 Å². The highest BCUT2D eigenvalue weighted by Crippen LogP contribution is 2.80. The normalized spacial score (nSPS) is 49.3. The van der Waals surface area contributed by atoms with Crippen molar-refractivity contribution in [3.8, 4) is 0 Å². The van der Waals surface area contributed by atoms with E-state index in [1.807, 2.05) is 0 Å². The van der Waals surface area contributed by atoms with Crippen LogP contribution in [0.5, 0.6) is 0 Å². The van der Waals surface area contributed by atoms with Crippen molar-refractivity contribution in [3.05, 3.63) is 33.8 Å². The number of carbonyl (C=O) groups is 1. The molecule has 1 saturated heterocycles. The van der Waals surface area contributed by atoms with E-state index < -0.39 is 40.7 Å². The Labute approximate surface area is 263 Å². The molecule has 2 N–H and O–H groups in total. The van der Waals surface area contributed by atoms with Crippen LogP contribution in [0.25, 0.3) is 0 Å². The van der Waals surface area contributed by atoms with Gasteiger partial charge in [-0.1, -0.05) is 30.1 Å². The lowest BCUT2D eigenvalue weighted by atomic mass is 9.43. The maximum absolute atomic E-state index is 13.7. The zero-order valence-electron chi connectivity index (χ0n) is 25.4. The summed E-state index contributed by atoms with van der Waals surface area (Å²) in [6, 6.07) is 4.55. The first-order chi connectivity index (χ1) is 20.5. The Kier molecular flexibility index (Phi) is 7.30.